The summed E-state index contributed by atoms with van der Waals surface area (Å²) in [6, 6.07) is 1.99. The van der Waals surface area contributed by atoms with Crippen molar-refractivity contribution in [2.45, 2.75) is 13.8 Å². The number of hydrogen-bond donors (Lipinski definition) is 0. The monoisotopic (exact) mass is 260 g/mol. The predicted octanol–water partition coefficient (Wildman–Crippen LogP) is 0.164. The van der Waals surface area contributed by atoms with E-state index >= 15 is 0 Å². The smallest absolute Gasteiger partial charge is 0.258 e. The first-order valence-electron chi connectivity index (χ1n) is 2.54. The van der Waals surface area contributed by atoms with E-state index in [0.29, 0.717) is 0 Å². The van der Waals surface area contributed by atoms with E-state index in [4.69, 9.17) is 0 Å². The average Bonchev–Trinajstić information content (AvgIpc) is 1.85. The van der Waals surface area contributed by atoms with Gasteiger partial charge in [0.1, 0.15) is 0 Å². The summed E-state index contributed by atoms with van der Waals surface area (Å²) in [5.41, 5.74) is 2.13. The van der Waals surface area contributed by atoms with Gasteiger partial charge in [0.15, 0.2) is 0 Å². The molecule has 0 N–H and O–H groups in total. The standard InChI is InChI=1S/C5H8BN2.Eu/c1-4-3-5(2)8(6)7-4;/h3,6H,1-2H3;. The minimum Gasteiger partial charge on any atom is -0.326 e. The van der Waals surface area contributed by atoms with Crippen LogP contribution in [0.1, 0.15) is 11.4 Å². The zero-order valence-electron chi connectivity index (χ0n) is 5.56. The second-order valence-electron chi connectivity index (χ2n) is 1.93. The van der Waals surface area contributed by atoms with Crippen LogP contribution in [0.5, 0.6) is 0 Å². The Bertz CT molecular complexity index is 177. The molecular formula is C5H8BEuN2. The SMILES string of the molecule is [BH]n1nc(C)cc1C.[Eu]. The third-order valence-electron chi connectivity index (χ3n) is 1.10. The minimum absolute atomic E-state index is 0. The molecular weight excluding hydrogens is 251 g/mol. The molecule has 0 spiro atoms. The van der Waals surface area contributed by atoms with Crippen molar-refractivity contribution < 1.29 is 49.4 Å². The van der Waals surface area contributed by atoms with Gasteiger partial charge in [-0.1, -0.05) is 0 Å². The molecule has 2 nitrogen and oxygen atoms in total. The molecule has 0 atom stereocenters. The Morgan fingerprint density at radius 2 is 2.11 bits per heavy atom. The number of aryl methyl sites for hydroxylation is 2. The van der Waals surface area contributed by atoms with Gasteiger partial charge in [-0.3, -0.25) is 0 Å². The largest absolute Gasteiger partial charge is 0.326 e. The van der Waals surface area contributed by atoms with Crippen molar-refractivity contribution in [1.29, 1.82) is 0 Å². The zero-order valence-corrected chi connectivity index (χ0v) is 7.98. The van der Waals surface area contributed by atoms with Gasteiger partial charge in [-0.05, 0) is 19.9 Å². The molecule has 1 rings (SSSR count). The third kappa shape index (κ3) is 2.52. The maximum Gasteiger partial charge on any atom is 0.258 e. The van der Waals surface area contributed by atoms with E-state index in [1.165, 1.54) is 0 Å². The van der Waals surface area contributed by atoms with E-state index in [2.05, 4.69) is 13.1 Å². The van der Waals surface area contributed by atoms with Crippen LogP contribution in [-0.4, -0.2) is 17.7 Å². The molecule has 0 saturated heterocycles. The van der Waals surface area contributed by atoms with Gasteiger partial charge in [-0.15, -0.1) is 0 Å². The Labute approximate surface area is 97.0 Å². The van der Waals surface area contributed by atoms with E-state index in [9.17, 15) is 0 Å². The van der Waals surface area contributed by atoms with Crippen LogP contribution in [0.2, 0.25) is 0 Å². The van der Waals surface area contributed by atoms with E-state index in [1.807, 2.05) is 19.9 Å². The van der Waals surface area contributed by atoms with Gasteiger partial charge < -0.3 is 4.59 Å². The molecule has 0 aliphatic heterocycles. The Hall–Kier alpha value is 0.859. The van der Waals surface area contributed by atoms with Gasteiger partial charge in [-0.2, -0.15) is 5.10 Å². The maximum absolute atomic E-state index is 4.02. The molecule has 0 aliphatic carbocycles. The van der Waals surface area contributed by atoms with Crippen molar-refractivity contribution in [3.8, 4) is 0 Å². The molecule has 0 amide bonds. The Morgan fingerprint density at radius 3 is 2.22 bits per heavy atom. The van der Waals surface area contributed by atoms with Crippen LogP contribution in [0, 0.1) is 63.2 Å². The van der Waals surface area contributed by atoms with Crippen LogP contribution in [0.4, 0.5) is 0 Å². The molecule has 4 heteroatoms. The molecule has 0 saturated carbocycles. The Balaban J connectivity index is 0.000000640. The molecule has 1 heterocycles. The molecule has 48 valence electrons. The van der Waals surface area contributed by atoms with Gasteiger partial charge in [0.05, 0.1) is 5.69 Å². The van der Waals surface area contributed by atoms with Gasteiger partial charge in [0, 0.05) is 55.1 Å². The first-order valence-corrected chi connectivity index (χ1v) is 2.54. The number of nitrogens with zero attached hydrogens (tertiary/aromatic N) is 2. The van der Waals surface area contributed by atoms with Gasteiger partial charge >= 0.3 is 0 Å². The molecule has 0 aliphatic rings. The molecule has 0 unspecified atom stereocenters. The van der Waals surface area contributed by atoms with Crippen molar-refractivity contribution >= 4 is 7.98 Å². The predicted molar refractivity (Wildman–Crippen MR) is 34.2 cm³/mol. The third-order valence-corrected chi connectivity index (χ3v) is 1.10. The molecule has 1 aromatic heterocycles. The molecule has 2 radical (unpaired) electrons. The van der Waals surface area contributed by atoms with Crippen molar-refractivity contribution in [2.75, 3.05) is 0 Å². The van der Waals surface area contributed by atoms with Crippen LogP contribution in [0.15, 0.2) is 6.07 Å². The maximum atomic E-state index is 4.02. The van der Waals surface area contributed by atoms with Gasteiger partial charge in [0.2, 0.25) is 0 Å². The summed E-state index contributed by atoms with van der Waals surface area (Å²) in [5, 5.41) is 4.02. The normalized spacial score (nSPS) is 8.67. The second kappa shape index (κ2) is 3.89. The molecule has 0 fully saturated rings. The van der Waals surface area contributed by atoms with Crippen molar-refractivity contribution in [3.63, 3.8) is 0 Å². The topological polar surface area (TPSA) is 17.8 Å². The molecule has 0 bridgehead atoms. The van der Waals surface area contributed by atoms with Crippen molar-refractivity contribution in [2.24, 2.45) is 0 Å². The zero-order chi connectivity index (χ0) is 6.15. The number of aromatic nitrogens is 2. The summed E-state index contributed by atoms with van der Waals surface area (Å²) in [6.07, 6.45) is 0. The average molecular weight is 259 g/mol. The van der Waals surface area contributed by atoms with Crippen LogP contribution < -0.4 is 0 Å². The van der Waals surface area contributed by atoms with Gasteiger partial charge in [0.25, 0.3) is 7.98 Å². The van der Waals surface area contributed by atoms with Crippen LogP contribution in [0.3, 0.4) is 0 Å². The molecule has 0 aromatic carbocycles. The van der Waals surface area contributed by atoms with E-state index in [0.717, 1.165) is 11.4 Å². The molecule has 1 aromatic rings. The summed E-state index contributed by atoms with van der Waals surface area (Å²) in [7, 11) is 3.65. The van der Waals surface area contributed by atoms with Crippen LogP contribution >= 0.6 is 0 Å². The van der Waals surface area contributed by atoms with Gasteiger partial charge in [-0.25, -0.2) is 0 Å². The molecule has 9 heavy (non-hydrogen) atoms. The minimum atomic E-state index is 0. The first-order chi connectivity index (χ1) is 3.70. The fourth-order valence-corrected chi connectivity index (χ4v) is 0.675. The summed E-state index contributed by atoms with van der Waals surface area (Å²) < 4.78 is 1.62. The summed E-state index contributed by atoms with van der Waals surface area (Å²) >= 11 is 0. The summed E-state index contributed by atoms with van der Waals surface area (Å²) in [5.74, 6) is 0. The Kier molecular flexibility index (Phi) is 4.26. The van der Waals surface area contributed by atoms with Crippen LogP contribution in [-0.2, 0) is 0 Å². The first kappa shape index (κ1) is 9.86. The fraction of sp³-hybridized carbons (Fsp3) is 0.400. The fourth-order valence-electron chi connectivity index (χ4n) is 0.675. The summed E-state index contributed by atoms with van der Waals surface area (Å²) in [4.78, 5) is 0. The number of hydrogen-bond acceptors (Lipinski definition) is 1. The summed E-state index contributed by atoms with van der Waals surface area (Å²) in [6.45, 7) is 3.93. The van der Waals surface area contributed by atoms with E-state index in [1.54, 1.807) is 4.59 Å². The number of rotatable bonds is 0. The van der Waals surface area contributed by atoms with E-state index in [-0.39, 0.29) is 49.4 Å². The van der Waals surface area contributed by atoms with Crippen LogP contribution in [0.25, 0.3) is 0 Å². The van der Waals surface area contributed by atoms with E-state index < -0.39 is 0 Å². The van der Waals surface area contributed by atoms with Crippen molar-refractivity contribution in [3.05, 3.63) is 17.5 Å². The quantitative estimate of drug-likeness (QED) is 0.607. The second-order valence-corrected chi connectivity index (χ2v) is 1.93. The Morgan fingerprint density at radius 1 is 1.56 bits per heavy atom. The van der Waals surface area contributed by atoms with Crippen molar-refractivity contribution in [1.82, 2.24) is 9.69 Å².